The molecule has 49 heavy (non-hydrogen) atoms. The second kappa shape index (κ2) is 8.06. The van der Waals surface area contributed by atoms with Gasteiger partial charge in [-0.3, -0.25) is 0 Å². The second-order valence-electron chi connectivity index (χ2n) is 15.6. The average molecular weight is 635 g/mol. The molecule has 7 aromatic rings. The van der Waals surface area contributed by atoms with E-state index in [2.05, 4.69) is 136 Å². The highest BCUT2D eigenvalue weighted by atomic mass is 16.5. The van der Waals surface area contributed by atoms with Gasteiger partial charge in [0.1, 0.15) is 39.5 Å². The molecule has 0 amide bonds. The second-order valence-corrected chi connectivity index (χ2v) is 15.6. The van der Waals surface area contributed by atoms with Gasteiger partial charge in [0.25, 0.3) is 11.6 Å². The number of fused-ring (bicyclic) bond motifs is 8. The van der Waals surface area contributed by atoms with Gasteiger partial charge < -0.3 is 4.74 Å². The van der Waals surface area contributed by atoms with Gasteiger partial charge >= 0.3 is 5.66 Å². The van der Waals surface area contributed by atoms with E-state index in [0.717, 1.165) is 11.5 Å². The predicted octanol–water partition coefficient (Wildman–Crippen LogP) is 9.53. The number of rotatable bonds is 1. The summed E-state index contributed by atoms with van der Waals surface area (Å²) in [6.07, 6.45) is 6.50. The van der Waals surface area contributed by atoms with Crippen LogP contribution in [0.4, 0.5) is 17.2 Å². The Kier molecular flexibility index (Phi) is 4.21. The summed E-state index contributed by atoms with van der Waals surface area (Å²) >= 11 is 0. The van der Waals surface area contributed by atoms with E-state index in [0.29, 0.717) is 5.92 Å². The van der Waals surface area contributed by atoms with Crippen LogP contribution in [-0.2, 0) is 11.1 Å². The number of para-hydroxylation sites is 2. The molecule has 4 aromatic carbocycles. The molecular weight excluding hydrogens is 601 g/mol. The maximum atomic E-state index is 7.05. The largest absolute Gasteiger partial charge is 0.456 e. The summed E-state index contributed by atoms with van der Waals surface area (Å²) in [5, 5.41) is 2.58. The van der Waals surface area contributed by atoms with Gasteiger partial charge in [0.15, 0.2) is 16.9 Å². The zero-order valence-electron chi connectivity index (χ0n) is 27.6. The molecule has 3 aromatic heterocycles. The maximum Gasteiger partial charge on any atom is 0.323 e. The summed E-state index contributed by atoms with van der Waals surface area (Å²) in [7, 11) is 0. The fraction of sp³-hybridized carbons (Fsp3) is 0.227. The van der Waals surface area contributed by atoms with Crippen molar-refractivity contribution in [2.75, 3.05) is 4.90 Å². The number of nitrogens with zero attached hydrogens (tertiary/aromatic N) is 4. The molecule has 13 rings (SSSR count). The molecule has 0 radical (unpaired) electrons. The Balaban J connectivity index is 1.30. The number of hydrogen-bond acceptors (Lipinski definition) is 2. The van der Waals surface area contributed by atoms with Crippen LogP contribution in [0.1, 0.15) is 79.7 Å². The zero-order valence-corrected chi connectivity index (χ0v) is 27.6. The molecule has 6 aliphatic rings. The van der Waals surface area contributed by atoms with E-state index in [1.54, 1.807) is 0 Å². The average Bonchev–Trinajstić information content (AvgIpc) is 3.64. The lowest BCUT2D eigenvalue weighted by molar-refractivity contribution is -0.932. The fourth-order valence-corrected chi connectivity index (χ4v) is 11.1. The van der Waals surface area contributed by atoms with Gasteiger partial charge in [0.2, 0.25) is 0 Å². The van der Waals surface area contributed by atoms with Crippen LogP contribution in [0, 0.1) is 0 Å². The molecule has 5 heteroatoms. The van der Waals surface area contributed by atoms with Gasteiger partial charge in [0, 0.05) is 27.8 Å². The summed E-state index contributed by atoms with van der Waals surface area (Å²) in [5.74, 6) is 5.00. The van der Waals surface area contributed by atoms with Crippen LogP contribution < -0.4 is 18.8 Å². The van der Waals surface area contributed by atoms with Crippen LogP contribution in [0.3, 0.4) is 0 Å². The predicted molar refractivity (Wildman–Crippen MR) is 191 cm³/mol. The van der Waals surface area contributed by atoms with Crippen molar-refractivity contribution in [3.05, 3.63) is 131 Å². The van der Waals surface area contributed by atoms with E-state index in [-0.39, 0.29) is 5.41 Å². The van der Waals surface area contributed by atoms with Crippen molar-refractivity contribution in [3.8, 4) is 28.7 Å². The molecule has 0 saturated heterocycles. The molecular formula is C44H34N4O+2. The van der Waals surface area contributed by atoms with E-state index >= 15 is 0 Å². The van der Waals surface area contributed by atoms with Gasteiger partial charge in [-0.1, -0.05) is 69.5 Å². The van der Waals surface area contributed by atoms with Gasteiger partial charge in [-0.15, -0.1) is 0 Å². The maximum absolute atomic E-state index is 7.05. The lowest BCUT2D eigenvalue weighted by Gasteiger charge is -2.45. The van der Waals surface area contributed by atoms with Gasteiger partial charge in [0.05, 0.1) is 5.56 Å². The van der Waals surface area contributed by atoms with Crippen molar-refractivity contribution in [1.29, 1.82) is 0 Å². The first-order chi connectivity index (χ1) is 24.1. The third-order valence-electron chi connectivity index (χ3n) is 13.1. The van der Waals surface area contributed by atoms with Crippen LogP contribution in [0.15, 0.2) is 103 Å². The summed E-state index contributed by atoms with van der Waals surface area (Å²) in [5.41, 5.74) is 13.4. The van der Waals surface area contributed by atoms with E-state index in [1.165, 1.54) is 116 Å². The molecule has 5 aliphatic heterocycles. The first-order valence-electron chi connectivity index (χ1n) is 18.1. The van der Waals surface area contributed by atoms with Crippen LogP contribution in [0.2, 0.25) is 0 Å². The van der Waals surface area contributed by atoms with Crippen molar-refractivity contribution in [2.24, 2.45) is 0 Å². The van der Waals surface area contributed by atoms with Gasteiger partial charge in [-0.05, 0) is 85.0 Å². The number of ether oxygens (including phenoxy) is 1. The highest BCUT2D eigenvalue weighted by molar-refractivity contribution is 6.11. The van der Waals surface area contributed by atoms with Gasteiger partial charge in [-0.25, -0.2) is 0 Å². The van der Waals surface area contributed by atoms with Crippen molar-refractivity contribution >= 4 is 39.0 Å². The number of benzene rings is 4. The number of anilines is 3. The summed E-state index contributed by atoms with van der Waals surface area (Å²) in [6, 6.07) is 39.3. The van der Waals surface area contributed by atoms with E-state index in [4.69, 9.17) is 4.74 Å². The molecule has 1 saturated carbocycles. The molecule has 1 fully saturated rings. The zero-order chi connectivity index (χ0) is 32.0. The smallest absolute Gasteiger partial charge is 0.323 e. The Morgan fingerprint density at radius 1 is 0.673 bits per heavy atom. The first-order valence-corrected chi connectivity index (χ1v) is 18.1. The minimum Gasteiger partial charge on any atom is -0.456 e. The normalized spacial score (nSPS) is 20.7. The highest BCUT2D eigenvalue weighted by Gasteiger charge is 2.71. The number of aromatic nitrogens is 3. The lowest BCUT2D eigenvalue weighted by atomic mass is 9.72. The molecule has 5 nitrogen and oxygen atoms in total. The van der Waals surface area contributed by atoms with E-state index in [9.17, 15) is 0 Å². The third-order valence-corrected chi connectivity index (χ3v) is 13.1. The molecule has 1 unspecified atom stereocenters. The third kappa shape index (κ3) is 2.59. The molecule has 0 bridgehead atoms. The van der Waals surface area contributed by atoms with Crippen molar-refractivity contribution in [3.63, 3.8) is 0 Å². The lowest BCUT2D eigenvalue weighted by Crippen LogP contribution is -2.76. The van der Waals surface area contributed by atoms with Crippen LogP contribution in [0.25, 0.3) is 39.0 Å². The number of pyridine rings is 2. The van der Waals surface area contributed by atoms with Crippen molar-refractivity contribution in [2.45, 2.75) is 62.9 Å². The van der Waals surface area contributed by atoms with Crippen LogP contribution >= 0.6 is 0 Å². The van der Waals surface area contributed by atoms with E-state index < -0.39 is 5.66 Å². The van der Waals surface area contributed by atoms with Gasteiger partial charge in [-0.2, -0.15) is 18.6 Å². The minimum absolute atomic E-state index is 0.185. The minimum atomic E-state index is -0.640. The Morgan fingerprint density at radius 3 is 2.41 bits per heavy atom. The fourth-order valence-electron chi connectivity index (χ4n) is 11.1. The summed E-state index contributed by atoms with van der Waals surface area (Å²) < 4.78 is 15.1. The molecule has 1 atom stereocenters. The van der Waals surface area contributed by atoms with Crippen molar-refractivity contribution in [1.82, 2.24) is 4.57 Å². The summed E-state index contributed by atoms with van der Waals surface area (Å²) in [4.78, 5) is 2.55. The SMILES string of the molecule is CC1(C)c2ccccc2N2c3cccc4c3C35c6c(ccc7c8ccccc8n(c67)-c6cc(C7CCCCC7)cc([n+]63)-c3ccc1c2[n+]35)O4. The van der Waals surface area contributed by atoms with Crippen molar-refractivity contribution < 1.29 is 13.9 Å². The molecule has 8 heterocycles. The Labute approximate surface area is 284 Å². The highest BCUT2D eigenvalue weighted by Crippen LogP contribution is 2.63. The molecule has 1 spiro atoms. The monoisotopic (exact) mass is 634 g/mol. The molecule has 1 aliphatic carbocycles. The Morgan fingerprint density at radius 2 is 1.49 bits per heavy atom. The first kappa shape index (κ1) is 25.6. The van der Waals surface area contributed by atoms with Crippen LogP contribution in [0.5, 0.6) is 11.5 Å². The Bertz CT molecular complexity index is 2730. The molecule has 234 valence electrons. The van der Waals surface area contributed by atoms with Crippen LogP contribution in [-0.4, -0.2) is 4.57 Å². The standard InChI is InChI=1S/C44H34N4O/c1-43(2)29-14-7-9-16-32(29)45-34-17-10-18-36-39(34)44-40-37(49-36)22-19-28-27-13-6-8-15-31(27)46(41(28)40)38-24-26(25-11-4-3-5-12-25)23-35(47(38)44)33-21-20-30(43)42(45)48(33)44/h6-10,13-25H,3-5,11-12H2,1-2H3/q+2. The topological polar surface area (TPSA) is 25.2 Å². The Hall–Kier alpha value is -5.42. The quantitative estimate of drug-likeness (QED) is 0.168. The van der Waals surface area contributed by atoms with E-state index in [1.807, 2.05) is 0 Å². The molecule has 0 N–H and O–H groups in total. The number of hydrogen-bond donors (Lipinski definition) is 0. The summed E-state index contributed by atoms with van der Waals surface area (Å²) in [6.45, 7) is 4.81.